The zero-order valence-corrected chi connectivity index (χ0v) is 18.4. The zero-order valence-electron chi connectivity index (χ0n) is 17.7. The molecule has 8 nitrogen and oxygen atoms in total. The zero-order chi connectivity index (χ0) is 22.8. The first-order valence-corrected chi connectivity index (χ1v) is 10.4. The Morgan fingerprint density at radius 2 is 1.66 bits per heavy atom. The van der Waals surface area contributed by atoms with Gasteiger partial charge < -0.3 is 9.88 Å². The summed E-state index contributed by atoms with van der Waals surface area (Å²) in [5.41, 5.74) is 1.55. The lowest BCUT2D eigenvalue weighted by Crippen LogP contribution is -2.37. The van der Waals surface area contributed by atoms with Crippen molar-refractivity contribution >= 4 is 28.7 Å². The van der Waals surface area contributed by atoms with Gasteiger partial charge in [0.2, 0.25) is 5.91 Å². The highest BCUT2D eigenvalue weighted by Gasteiger charge is 2.18. The van der Waals surface area contributed by atoms with Crippen molar-refractivity contribution in [3.05, 3.63) is 97.9 Å². The smallest absolute Gasteiger partial charge is 0.332 e. The van der Waals surface area contributed by atoms with E-state index in [0.29, 0.717) is 16.2 Å². The van der Waals surface area contributed by atoms with Crippen molar-refractivity contribution < 1.29 is 4.79 Å². The van der Waals surface area contributed by atoms with Crippen molar-refractivity contribution in [1.29, 1.82) is 0 Å². The van der Waals surface area contributed by atoms with Gasteiger partial charge in [0.05, 0.1) is 12.4 Å². The number of rotatable bonds is 6. The Hall–Kier alpha value is -3.65. The van der Waals surface area contributed by atoms with E-state index in [1.165, 1.54) is 17.9 Å². The maximum atomic E-state index is 12.9. The number of aryl methyl sites for hydroxylation is 2. The van der Waals surface area contributed by atoms with Gasteiger partial charge in [-0.1, -0.05) is 54.1 Å². The molecule has 0 aliphatic rings. The summed E-state index contributed by atoms with van der Waals surface area (Å²) in [4.78, 5) is 41.7. The Morgan fingerprint density at radius 1 is 1.00 bits per heavy atom. The van der Waals surface area contributed by atoms with E-state index >= 15 is 0 Å². The third-order valence-electron chi connectivity index (χ3n) is 5.44. The summed E-state index contributed by atoms with van der Waals surface area (Å²) < 4.78 is 3.96. The molecule has 1 amide bonds. The molecule has 9 heteroatoms. The Bertz CT molecular complexity index is 1390. The highest BCUT2D eigenvalue weighted by atomic mass is 35.5. The number of halogens is 1. The van der Waals surface area contributed by atoms with Crippen LogP contribution in [0.3, 0.4) is 0 Å². The van der Waals surface area contributed by atoms with Crippen molar-refractivity contribution in [2.24, 2.45) is 14.1 Å². The van der Waals surface area contributed by atoms with Crippen molar-refractivity contribution in [3.8, 4) is 0 Å². The first-order valence-electron chi connectivity index (χ1n) is 10.1. The molecule has 1 atom stereocenters. The number of benzene rings is 2. The molecular formula is C23H22ClN5O3. The second-order valence-electron chi connectivity index (χ2n) is 7.53. The van der Waals surface area contributed by atoms with Crippen LogP contribution in [0.25, 0.3) is 11.2 Å². The van der Waals surface area contributed by atoms with Gasteiger partial charge in [-0.25, -0.2) is 9.78 Å². The fourth-order valence-electron chi connectivity index (χ4n) is 3.68. The number of hydrogen-bond acceptors (Lipinski definition) is 4. The molecule has 0 aliphatic heterocycles. The fraction of sp³-hybridized carbons (Fsp3) is 0.217. The van der Waals surface area contributed by atoms with Crippen LogP contribution in [0.1, 0.15) is 23.6 Å². The third-order valence-corrected chi connectivity index (χ3v) is 5.69. The number of carbonyl (C=O) groups excluding carboxylic acids is 1. The first kappa shape index (κ1) is 21.6. The second kappa shape index (κ2) is 8.84. The van der Waals surface area contributed by atoms with Crippen LogP contribution < -0.4 is 16.6 Å². The molecule has 0 spiro atoms. The van der Waals surface area contributed by atoms with E-state index in [-0.39, 0.29) is 24.9 Å². The normalized spacial score (nSPS) is 12.1. The SMILES string of the molecule is Cn1c(=O)c2c(ncn2CCC(=O)N[C@@H](c2ccccc2)c2ccc(Cl)cc2)n(C)c1=O. The molecule has 32 heavy (non-hydrogen) atoms. The fourth-order valence-corrected chi connectivity index (χ4v) is 3.81. The van der Waals surface area contributed by atoms with Gasteiger partial charge in [0.25, 0.3) is 5.56 Å². The quantitative estimate of drug-likeness (QED) is 0.487. The second-order valence-corrected chi connectivity index (χ2v) is 7.97. The molecule has 0 saturated carbocycles. The molecule has 0 aliphatic carbocycles. The van der Waals surface area contributed by atoms with Gasteiger partial charge in [-0.2, -0.15) is 0 Å². The minimum atomic E-state index is -0.445. The van der Waals surface area contributed by atoms with Crippen LogP contribution in [0.5, 0.6) is 0 Å². The topological polar surface area (TPSA) is 90.9 Å². The molecule has 2 aromatic heterocycles. The minimum Gasteiger partial charge on any atom is -0.345 e. The standard InChI is InChI=1S/C23H22ClN5O3/c1-27-21-20(22(31)28(2)23(27)32)29(14-25-21)13-12-18(30)26-19(15-6-4-3-5-7-15)16-8-10-17(24)11-9-16/h3-11,14,19H,12-13H2,1-2H3,(H,26,30)/t19-/m0/s1. The van der Waals surface area contributed by atoms with E-state index in [0.717, 1.165) is 15.7 Å². The van der Waals surface area contributed by atoms with Gasteiger partial charge >= 0.3 is 5.69 Å². The van der Waals surface area contributed by atoms with E-state index < -0.39 is 11.2 Å². The maximum absolute atomic E-state index is 12.9. The van der Waals surface area contributed by atoms with Gasteiger partial charge in [0.15, 0.2) is 11.2 Å². The first-order chi connectivity index (χ1) is 15.4. The lowest BCUT2D eigenvalue weighted by molar-refractivity contribution is -0.121. The Balaban J connectivity index is 1.57. The number of imidazole rings is 1. The van der Waals surface area contributed by atoms with Crippen LogP contribution in [0.4, 0.5) is 0 Å². The van der Waals surface area contributed by atoms with Gasteiger partial charge in [0.1, 0.15) is 0 Å². The number of aromatic nitrogens is 4. The summed E-state index contributed by atoms with van der Waals surface area (Å²) in [5, 5.41) is 3.69. The lowest BCUT2D eigenvalue weighted by Gasteiger charge is -2.20. The number of nitrogens with zero attached hydrogens (tertiary/aromatic N) is 4. The molecule has 0 radical (unpaired) electrons. The maximum Gasteiger partial charge on any atom is 0.332 e. The van der Waals surface area contributed by atoms with Crippen molar-refractivity contribution in [2.45, 2.75) is 19.0 Å². The van der Waals surface area contributed by atoms with Crippen LogP contribution >= 0.6 is 11.6 Å². The average molecular weight is 452 g/mol. The van der Waals surface area contributed by atoms with E-state index in [9.17, 15) is 14.4 Å². The minimum absolute atomic E-state index is 0.133. The molecule has 0 saturated heterocycles. The molecule has 4 aromatic rings. The molecule has 0 bridgehead atoms. The van der Waals surface area contributed by atoms with Crippen LogP contribution in [0.2, 0.25) is 5.02 Å². The van der Waals surface area contributed by atoms with Gasteiger partial charge in [0, 0.05) is 32.1 Å². The number of fused-ring (bicyclic) bond motifs is 1. The Kier molecular flexibility index (Phi) is 5.96. The number of amides is 1. The van der Waals surface area contributed by atoms with Crippen LogP contribution in [-0.4, -0.2) is 24.6 Å². The monoisotopic (exact) mass is 451 g/mol. The molecule has 1 N–H and O–H groups in total. The van der Waals surface area contributed by atoms with Crippen molar-refractivity contribution in [3.63, 3.8) is 0 Å². The molecule has 2 heterocycles. The molecular weight excluding hydrogens is 430 g/mol. The van der Waals surface area contributed by atoms with Gasteiger partial charge in [-0.05, 0) is 23.3 Å². The largest absolute Gasteiger partial charge is 0.345 e. The number of carbonyl (C=O) groups is 1. The Morgan fingerprint density at radius 3 is 2.34 bits per heavy atom. The van der Waals surface area contributed by atoms with Gasteiger partial charge in [-0.3, -0.25) is 18.7 Å². The molecule has 164 valence electrons. The predicted octanol–water partition coefficient (Wildman–Crippen LogP) is 2.38. The van der Waals surface area contributed by atoms with Crippen LogP contribution in [-0.2, 0) is 25.4 Å². The molecule has 0 unspecified atom stereocenters. The summed E-state index contributed by atoms with van der Waals surface area (Å²) in [6, 6.07) is 16.7. The molecule has 4 rings (SSSR count). The summed E-state index contributed by atoms with van der Waals surface area (Å²) in [6.45, 7) is 0.248. The highest BCUT2D eigenvalue weighted by molar-refractivity contribution is 6.30. The van der Waals surface area contributed by atoms with E-state index in [1.807, 2.05) is 42.5 Å². The van der Waals surface area contributed by atoms with Crippen molar-refractivity contribution in [2.75, 3.05) is 0 Å². The summed E-state index contributed by atoms with van der Waals surface area (Å²) in [7, 11) is 2.98. The van der Waals surface area contributed by atoms with E-state index in [2.05, 4.69) is 10.3 Å². The van der Waals surface area contributed by atoms with Crippen molar-refractivity contribution in [1.82, 2.24) is 24.0 Å². The predicted molar refractivity (Wildman–Crippen MR) is 123 cm³/mol. The number of hydrogen-bond donors (Lipinski definition) is 1. The average Bonchev–Trinajstić information content (AvgIpc) is 3.24. The van der Waals surface area contributed by atoms with Crippen LogP contribution in [0, 0.1) is 0 Å². The van der Waals surface area contributed by atoms with E-state index in [4.69, 9.17) is 11.6 Å². The summed E-state index contributed by atoms with van der Waals surface area (Å²) >= 11 is 6.02. The summed E-state index contributed by atoms with van der Waals surface area (Å²) in [6.07, 6.45) is 1.61. The highest BCUT2D eigenvalue weighted by Crippen LogP contribution is 2.23. The van der Waals surface area contributed by atoms with Crippen LogP contribution in [0.15, 0.2) is 70.5 Å². The number of nitrogens with one attached hydrogen (secondary N) is 1. The lowest BCUT2D eigenvalue weighted by atomic mass is 9.98. The summed E-state index contributed by atoms with van der Waals surface area (Å²) in [5.74, 6) is -0.183. The third kappa shape index (κ3) is 4.09. The van der Waals surface area contributed by atoms with Gasteiger partial charge in [-0.15, -0.1) is 0 Å². The molecule has 0 fully saturated rings. The molecule has 2 aromatic carbocycles. The Labute approximate surface area is 188 Å². The van der Waals surface area contributed by atoms with E-state index in [1.54, 1.807) is 23.7 Å².